The highest BCUT2D eigenvalue weighted by Crippen LogP contribution is 2.30. The van der Waals surface area contributed by atoms with Crippen molar-refractivity contribution in [2.75, 3.05) is 0 Å². The summed E-state index contributed by atoms with van der Waals surface area (Å²) in [4.78, 5) is 16.9. The molecule has 0 spiro atoms. The monoisotopic (exact) mass is 341 g/mol. The molecule has 3 aromatic rings. The van der Waals surface area contributed by atoms with Gasteiger partial charge in [0.05, 0.1) is 11.3 Å². The summed E-state index contributed by atoms with van der Waals surface area (Å²) in [5.41, 5.74) is 1.96. The van der Waals surface area contributed by atoms with Crippen molar-refractivity contribution in [2.45, 2.75) is 13.1 Å². The largest absolute Gasteiger partial charge is 0.416 e. The van der Waals surface area contributed by atoms with Gasteiger partial charge in [-0.3, -0.25) is 9.78 Å². The van der Waals surface area contributed by atoms with E-state index in [4.69, 9.17) is 0 Å². The van der Waals surface area contributed by atoms with Crippen molar-refractivity contribution in [3.63, 3.8) is 0 Å². The van der Waals surface area contributed by atoms with E-state index < -0.39 is 11.7 Å². The standard InChI is InChI=1S/C20H14F3NO/c1-13-17(19(25)15-5-3-2-4-6-15)11-12-18(24-13)14-7-9-16(10-8-14)20(21,22)23/h2-12H,1H3. The number of carbonyl (C=O) groups is 1. The van der Waals surface area contributed by atoms with Gasteiger partial charge in [0.25, 0.3) is 0 Å². The van der Waals surface area contributed by atoms with E-state index in [9.17, 15) is 18.0 Å². The maximum Gasteiger partial charge on any atom is 0.416 e. The number of hydrogen-bond acceptors (Lipinski definition) is 2. The maximum atomic E-state index is 12.6. The molecule has 126 valence electrons. The Balaban J connectivity index is 1.91. The average molecular weight is 341 g/mol. The summed E-state index contributed by atoms with van der Waals surface area (Å²) < 4.78 is 37.9. The van der Waals surface area contributed by atoms with E-state index in [0.29, 0.717) is 28.1 Å². The van der Waals surface area contributed by atoms with Crippen LogP contribution in [0, 0.1) is 6.92 Å². The van der Waals surface area contributed by atoms with Gasteiger partial charge in [-0.1, -0.05) is 42.5 Å². The van der Waals surface area contributed by atoms with Crippen molar-refractivity contribution in [1.82, 2.24) is 4.98 Å². The first-order valence-corrected chi connectivity index (χ1v) is 7.61. The van der Waals surface area contributed by atoms with Gasteiger partial charge in [0, 0.05) is 22.4 Å². The lowest BCUT2D eigenvalue weighted by Gasteiger charge is -2.09. The van der Waals surface area contributed by atoms with Crippen LogP contribution < -0.4 is 0 Å². The number of aryl methyl sites for hydroxylation is 1. The fraction of sp³-hybridized carbons (Fsp3) is 0.100. The second-order valence-corrected chi connectivity index (χ2v) is 5.60. The Morgan fingerprint density at radius 1 is 0.880 bits per heavy atom. The van der Waals surface area contributed by atoms with Gasteiger partial charge in [-0.25, -0.2) is 0 Å². The van der Waals surface area contributed by atoms with Crippen molar-refractivity contribution in [3.8, 4) is 11.3 Å². The van der Waals surface area contributed by atoms with Crippen LogP contribution in [0.15, 0.2) is 66.7 Å². The van der Waals surface area contributed by atoms with Gasteiger partial charge in [-0.15, -0.1) is 0 Å². The molecule has 0 aliphatic rings. The van der Waals surface area contributed by atoms with Crippen molar-refractivity contribution in [1.29, 1.82) is 0 Å². The molecule has 5 heteroatoms. The fourth-order valence-corrected chi connectivity index (χ4v) is 2.54. The van der Waals surface area contributed by atoms with E-state index in [2.05, 4.69) is 4.98 Å². The van der Waals surface area contributed by atoms with Gasteiger partial charge in [0.15, 0.2) is 5.78 Å². The highest BCUT2D eigenvalue weighted by molar-refractivity contribution is 6.09. The minimum atomic E-state index is -4.37. The number of alkyl halides is 3. The highest BCUT2D eigenvalue weighted by Gasteiger charge is 2.30. The molecule has 0 N–H and O–H groups in total. The molecule has 0 saturated carbocycles. The second-order valence-electron chi connectivity index (χ2n) is 5.60. The first-order valence-electron chi connectivity index (χ1n) is 7.61. The maximum absolute atomic E-state index is 12.6. The first-order chi connectivity index (χ1) is 11.9. The molecule has 25 heavy (non-hydrogen) atoms. The lowest BCUT2D eigenvalue weighted by molar-refractivity contribution is -0.137. The van der Waals surface area contributed by atoms with Crippen LogP contribution in [0.2, 0.25) is 0 Å². The smallest absolute Gasteiger partial charge is 0.289 e. The van der Waals surface area contributed by atoms with E-state index in [1.807, 2.05) is 6.07 Å². The summed E-state index contributed by atoms with van der Waals surface area (Å²) in [5, 5.41) is 0. The van der Waals surface area contributed by atoms with E-state index in [1.165, 1.54) is 12.1 Å². The van der Waals surface area contributed by atoms with Crippen LogP contribution >= 0.6 is 0 Å². The van der Waals surface area contributed by atoms with E-state index >= 15 is 0 Å². The Morgan fingerprint density at radius 3 is 2.08 bits per heavy atom. The van der Waals surface area contributed by atoms with Gasteiger partial charge >= 0.3 is 6.18 Å². The van der Waals surface area contributed by atoms with Gasteiger partial charge < -0.3 is 0 Å². The molecular formula is C20H14F3NO. The quantitative estimate of drug-likeness (QED) is 0.605. The number of pyridine rings is 1. The molecule has 1 heterocycles. The Bertz CT molecular complexity index is 900. The third kappa shape index (κ3) is 3.60. The zero-order valence-corrected chi connectivity index (χ0v) is 13.3. The van der Waals surface area contributed by atoms with Crippen molar-refractivity contribution in [3.05, 3.63) is 89.1 Å². The van der Waals surface area contributed by atoms with Crippen molar-refractivity contribution in [2.24, 2.45) is 0 Å². The molecule has 2 aromatic carbocycles. The number of ketones is 1. The van der Waals surface area contributed by atoms with Crippen LogP contribution in [0.3, 0.4) is 0 Å². The van der Waals surface area contributed by atoms with Gasteiger partial charge in [-0.05, 0) is 31.2 Å². The molecular weight excluding hydrogens is 327 g/mol. The summed E-state index contributed by atoms with van der Waals surface area (Å²) in [6.07, 6.45) is -4.37. The molecule has 1 aromatic heterocycles. The minimum absolute atomic E-state index is 0.135. The molecule has 0 radical (unpaired) electrons. The van der Waals surface area contributed by atoms with E-state index in [1.54, 1.807) is 43.3 Å². The second kappa shape index (κ2) is 6.51. The topological polar surface area (TPSA) is 30.0 Å². The van der Waals surface area contributed by atoms with Crippen LogP contribution in [-0.2, 0) is 6.18 Å². The number of hydrogen-bond donors (Lipinski definition) is 0. The fourth-order valence-electron chi connectivity index (χ4n) is 2.54. The van der Waals surface area contributed by atoms with Crippen molar-refractivity contribution >= 4 is 5.78 Å². The molecule has 2 nitrogen and oxygen atoms in total. The molecule has 0 bridgehead atoms. The SMILES string of the molecule is Cc1nc(-c2ccc(C(F)(F)F)cc2)ccc1C(=O)c1ccccc1. The van der Waals surface area contributed by atoms with Crippen LogP contribution in [0.1, 0.15) is 27.2 Å². The highest BCUT2D eigenvalue weighted by atomic mass is 19.4. The van der Waals surface area contributed by atoms with Gasteiger partial charge in [0.2, 0.25) is 0 Å². The lowest BCUT2D eigenvalue weighted by atomic mass is 10.0. The Hall–Kier alpha value is -2.95. The van der Waals surface area contributed by atoms with Gasteiger partial charge in [-0.2, -0.15) is 13.2 Å². The average Bonchev–Trinajstić information content (AvgIpc) is 2.61. The first kappa shape index (κ1) is 16.9. The zero-order chi connectivity index (χ0) is 18.0. The summed E-state index contributed by atoms with van der Waals surface area (Å²) in [6.45, 7) is 1.71. The number of benzene rings is 2. The number of nitrogens with zero attached hydrogens (tertiary/aromatic N) is 1. The normalized spacial score (nSPS) is 11.4. The minimum Gasteiger partial charge on any atom is -0.289 e. The van der Waals surface area contributed by atoms with Crippen LogP contribution in [-0.4, -0.2) is 10.8 Å². The molecule has 0 aliphatic heterocycles. The summed E-state index contributed by atoms with van der Waals surface area (Å²) in [5.74, 6) is -0.135. The predicted octanol–water partition coefficient (Wildman–Crippen LogP) is 5.31. The third-order valence-corrected chi connectivity index (χ3v) is 3.87. The van der Waals surface area contributed by atoms with Crippen LogP contribution in [0.25, 0.3) is 11.3 Å². The number of carbonyl (C=O) groups excluding carboxylic acids is 1. The predicted molar refractivity (Wildman–Crippen MR) is 89.3 cm³/mol. The Morgan fingerprint density at radius 2 is 1.52 bits per heavy atom. The molecule has 0 unspecified atom stereocenters. The summed E-state index contributed by atoms with van der Waals surface area (Å²) >= 11 is 0. The lowest BCUT2D eigenvalue weighted by Crippen LogP contribution is -2.06. The Kier molecular flexibility index (Phi) is 4.40. The Labute approximate surface area is 143 Å². The third-order valence-electron chi connectivity index (χ3n) is 3.87. The van der Waals surface area contributed by atoms with Gasteiger partial charge in [0.1, 0.15) is 0 Å². The number of halogens is 3. The zero-order valence-electron chi connectivity index (χ0n) is 13.3. The number of rotatable bonds is 3. The van der Waals surface area contributed by atoms with E-state index in [-0.39, 0.29) is 5.78 Å². The van der Waals surface area contributed by atoms with Crippen LogP contribution in [0.5, 0.6) is 0 Å². The molecule has 0 saturated heterocycles. The van der Waals surface area contributed by atoms with Crippen molar-refractivity contribution < 1.29 is 18.0 Å². The molecule has 3 rings (SSSR count). The van der Waals surface area contributed by atoms with E-state index in [0.717, 1.165) is 12.1 Å². The number of aromatic nitrogens is 1. The molecule has 0 fully saturated rings. The summed E-state index contributed by atoms with van der Waals surface area (Å²) in [7, 11) is 0. The molecule has 0 amide bonds. The summed E-state index contributed by atoms with van der Waals surface area (Å²) in [6, 6.07) is 17.0. The molecule has 0 atom stereocenters. The molecule has 0 aliphatic carbocycles. The van der Waals surface area contributed by atoms with Crippen LogP contribution in [0.4, 0.5) is 13.2 Å².